The zero-order valence-corrected chi connectivity index (χ0v) is 8.14. The molecular weight excluding hydrogens is 220 g/mol. The van der Waals surface area contributed by atoms with Gasteiger partial charge in [-0.3, -0.25) is 9.42 Å². The van der Waals surface area contributed by atoms with Crippen molar-refractivity contribution in [1.29, 1.82) is 0 Å². The van der Waals surface area contributed by atoms with Crippen molar-refractivity contribution < 1.29 is 14.3 Å². The quantitative estimate of drug-likeness (QED) is 0.570. The summed E-state index contributed by atoms with van der Waals surface area (Å²) in [4.78, 5) is 11.1. The molecule has 0 bridgehead atoms. The van der Waals surface area contributed by atoms with Crippen LogP contribution in [-0.4, -0.2) is 10.4 Å². The van der Waals surface area contributed by atoms with Gasteiger partial charge in [0.05, 0.1) is 5.16 Å². The smallest absolute Gasteiger partial charge is 0.308 e. The maximum atomic E-state index is 11.2. The van der Waals surface area contributed by atoms with E-state index < -0.39 is 5.24 Å². The summed E-state index contributed by atoms with van der Waals surface area (Å²) in [7, 11) is 0. The lowest BCUT2D eigenvalue weighted by Gasteiger charge is -1.95. The Morgan fingerprint density at radius 3 is 2.67 bits per heavy atom. The minimum absolute atomic E-state index is 0.0237. The molecule has 0 N–H and O–H groups in total. The minimum atomic E-state index is -0.827. The third kappa shape index (κ3) is 1.69. The molecule has 0 fully saturated rings. The molecule has 0 unspecified atom stereocenters. The van der Waals surface area contributed by atoms with Gasteiger partial charge in [0.25, 0.3) is 0 Å². The van der Waals surface area contributed by atoms with Crippen LogP contribution in [0.5, 0.6) is 0 Å². The number of carbonyl (C=O) groups excluding carboxylic acids is 1. The average molecular weight is 225 g/mol. The van der Waals surface area contributed by atoms with Crippen LogP contribution >= 0.6 is 11.6 Å². The van der Waals surface area contributed by atoms with E-state index in [1.807, 2.05) is 0 Å². The first-order valence-corrected chi connectivity index (χ1v) is 4.43. The summed E-state index contributed by atoms with van der Waals surface area (Å²) in [5.41, 5.74) is 0.367. The highest BCUT2D eigenvalue weighted by Gasteiger charge is 2.25. The highest BCUT2D eigenvalue weighted by molar-refractivity contribution is 6.67. The predicted octanol–water partition coefficient (Wildman–Crippen LogP) is 1.35. The fraction of sp³-hybridized carbons (Fsp3) is 0. The molecule has 1 aromatic carbocycles. The zero-order valence-electron chi connectivity index (χ0n) is 7.38. The Labute approximate surface area is 89.4 Å². The predicted molar refractivity (Wildman–Crippen MR) is 51.1 cm³/mol. The normalized spacial score (nSPS) is 10.2. The number of rotatable bonds is 2. The van der Waals surface area contributed by atoms with Crippen molar-refractivity contribution >= 4 is 16.8 Å². The summed E-state index contributed by atoms with van der Waals surface area (Å²) in [5, 5.41) is 13.7. The van der Waals surface area contributed by atoms with E-state index in [-0.39, 0.29) is 16.3 Å². The number of carbonyl (C=O) groups is 1. The Kier molecular flexibility index (Phi) is 2.39. The highest BCUT2D eigenvalue weighted by atomic mass is 35.5. The summed E-state index contributed by atoms with van der Waals surface area (Å²) in [6.07, 6.45) is 0. The zero-order chi connectivity index (χ0) is 10.8. The molecule has 0 spiro atoms. The van der Waals surface area contributed by atoms with Crippen LogP contribution < -0.4 is 4.90 Å². The van der Waals surface area contributed by atoms with E-state index >= 15 is 0 Å². The van der Waals surface area contributed by atoms with Gasteiger partial charge in [-0.25, -0.2) is 0 Å². The van der Waals surface area contributed by atoms with E-state index in [9.17, 15) is 10.0 Å². The Hall–Kier alpha value is -1.88. The minimum Gasteiger partial charge on any atom is -0.359 e. The van der Waals surface area contributed by atoms with Crippen molar-refractivity contribution in [3.05, 3.63) is 41.2 Å². The second-order valence-electron chi connectivity index (χ2n) is 2.77. The van der Waals surface area contributed by atoms with Gasteiger partial charge in [-0.15, -0.1) is 0 Å². The molecule has 2 aromatic rings. The maximum Gasteiger partial charge on any atom is 0.308 e. The van der Waals surface area contributed by atoms with E-state index in [2.05, 4.69) is 9.79 Å². The van der Waals surface area contributed by atoms with Gasteiger partial charge in [0, 0.05) is 5.56 Å². The molecule has 0 atom stereocenters. The maximum absolute atomic E-state index is 11.2. The fourth-order valence-corrected chi connectivity index (χ4v) is 1.34. The number of nitrogens with zero attached hydrogens (tertiary/aromatic N) is 2. The van der Waals surface area contributed by atoms with Gasteiger partial charge in [0.2, 0.25) is 5.69 Å². The van der Waals surface area contributed by atoms with Crippen molar-refractivity contribution in [2.75, 3.05) is 0 Å². The van der Waals surface area contributed by atoms with Gasteiger partial charge in [-0.1, -0.05) is 30.3 Å². The average Bonchev–Trinajstić information content (AvgIpc) is 2.61. The van der Waals surface area contributed by atoms with Crippen LogP contribution in [0.15, 0.2) is 35.0 Å². The highest BCUT2D eigenvalue weighted by Crippen LogP contribution is 2.19. The monoisotopic (exact) mass is 224 g/mol. The second kappa shape index (κ2) is 3.70. The molecule has 2 rings (SSSR count). The second-order valence-corrected chi connectivity index (χ2v) is 3.11. The number of hydrogen-bond acceptors (Lipinski definition) is 4. The summed E-state index contributed by atoms with van der Waals surface area (Å²) >= 11 is 5.26. The Bertz CT molecular complexity index is 495. The van der Waals surface area contributed by atoms with Gasteiger partial charge < -0.3 is 5.21 Å². The summed E-state index contributed by atoms with van der Waals surface area (Å²) < 4.78 is 4.32. The molecule has 6 heteroatoms. The number of benzene rings is 1. The van der Waals surface area contributed by atoms with Crippen LogP contribution in [0.4, 0.5) is 0 Å². The van der Waals surface area contributed by atoms with Crippen LogP contribution in [0.1, 0.15) is 10.5 Å². The summed E-state index contributed by atoms with van der Waals surface area (Å²) in [6.45, 7) is 0. The lowest BCUT2D eigenvalue weighted by molar-refractivity contribution is -0.793. The Balaban J connectivity index is 2.62. The molecule has 15 heavy (non-hydrogen) atoms. The third-order valence-electron chi connectivity index (χ3n) is 1.85. The molecule has 1 heterocycles. The van der Waals surface area contributed by atoms with Crippen LogP contribution in [-0.2, 0) is 0 Å². The van der Waals surface area contributed by atoms with Crippen molar-refractivity contribution in [2.24, 2.45) is 0 Å². The van der Waals surface area contributed by atoms with Crippen LogP contribution in [0, 0.1) is 5.21 Å². The lowest BCUT2D eigenvalue weighted by Crippen LogP contribution is -2.25. The van der Waals surface area contributed by atoms with Crippen LogP contribution in [0.3, 0.4) is 0 Å². The topological polar surface area (TPSA) is 70.0 Å². The molecule has 1 aromatic heterocycles. The summed E-state index contributed by atoms with van der Waals surface area (Å²) in [5.74, 6) is 0. The molecule has 0 aliphatic heterocycles. The fourth-order valence-electron chi connectivity index (χ4n) is 1.22. The molecule has 0 aliphatic carbocycles. The first-order chi connectivity index (χ1) is 7.20. The molecule has 0 saturated heterocycles. The van der Waals surface area contributed by atoms with Gasteiger partial charge in [0.1, 0.15) is 0 Å². The van der Waals surface area contributed by atoms with Gasteiger partial charge in [0.15, 0.2) is 0 Å². The van der Waals surface area contributed by atoms with Gasteiger partial charge in [-0.2, -0.15) is 0 Å². The molecule has 5 nitrogen and oxygen atoms in total. The molecule has 0 amide bonds. The molecule has 0 radical (unpaired) electrons. The van der Waals surface area contributed by atoms with E-state index in [1.165, 1.54) is 0 Å². The van der Waals surface area contributed by atoms with E-state index in [0.29, 0.717) is 5.56 Å². The lowest BCUT2D eigenvalue weighted by atomic mass is 10.1. The number of halogens is 1. The van der Waals surface area contributed by atoms with Crippen LogP contribution in [0.25, 0.3) is 11.3 Å². The first kappa shape index (κ1) is 9.67. The van der Waals surface area contributed by atoms with Crippen molar-refractivity contribution in [1.82, 2.24) is 5.16 Å². The Morgan fingerprint density at radius 1 is 1.40 bits per heavy atom. The van der Waals surface area contributed by atoms with Crippen molar-refractivity contribution in [3.8, 4) is 11.3 Å². The summed E-state index contributed by atoms with van der Waals surface area (Å²) in [6, 6.07) is 8.55. The van der Waals surface area contributed by atoms with Gasteiger partial charge in [-0.05, 0) is 16.5 Å². The molecule has 0 aliphatic rings. The SMILES string of the molecule is O=C(Cl)c1no[n+]([O-])c1-c1ccccc1. The van der Waals surface area contributed by atoms with Crippen molar-refractivity contribution in [2.45, 2.75) is 0 Å². The van der Waals surface area contributed by atoms with Crippen molar-refractivity contribution in [3.63, 3.8) is 0 Å². The van der Waals surface area contributed by atoms with Gasteiger partial charge >= 0.3 is 10.9 Å². The number of hydrogen-bond donors (Lipinski definition) is 0. The standard InChI is InChI=1S/C9H5ClN2O3/c10-9(13)7-8(12(14)15-11-7)6-4-2-1-3-5-6/h1-5H. The third-order valence-corrected chi connectivity index (χ3v) is 2.03. The molecule has 0 saturated carbocycles. The van der Waals surface area contributed by atoms with E-state index in [0.717, 1.165) is 0 Å². The molecular formula is C9H5ClN2O3. The van der Waals surface area contributed by atoms with E-state index in [4.69, 9.17) is 11.6 Å². The first-order valence-electron chi connectivity index (χ1n) is 4.05. The Morgan fingerprint density at radius 2 is 2.07 bits per heavy atom. The van der Waals surface area contributed by atoms with Crippen LogP contribution in [0.2, 0.25) is 0 Å². The van der Waals surface area contributed by atoms with E-state index in [1.54, 1.807) is 30.3 Å². The number of aromatic nitrogens is 2. The molecule has 76 valence electrons. The largest absolute Gasteiger partial charge is 0.359 e.